The molecule has 2 amide bonds. The third kappa shape index (κ3) is 7.30. The van der Waals surface area contributed by atoms with Crippen molar-refractivity contribution in [3.8, 4) is 0 Å². The molecule has 0 spiro atoms. The Morgan fingerprint density at radius 3 is 2.45 bits per heavy atom. The smallest absolute Gasteiger partial charge is 0.314 e. The first-order chi connectivity index (χ1) is 9.35. The predicted molar refractivity (Wildman–Crippen MR) is 76.8 cm³/mol. The van der Waals surface area contributed by atoms with Gasteiger partial charge in [-0.25, -0.2) is 4.79 Å². The van der Waals surface area contributed by atoms with Crippen molar-refractivity contribution >= 4 is 12.0 Å². The molecule has 1 atom stereocenters. The Labute approximate surface area is 120 Å². The van der Waals surface area contributed by atoms with Crippen molar-refractivity contribution < 1.29 is 19.4 Å². The number of carboxylic acid groups (broad SMARTS) is 1. The largest absolute Gasteiger partial charge is 0.481 e. The lowest BCUT2D eigenvalue weighted by Crippen LogP contribution is -2.46. The van der Waals surface area contributed by atoms with E-state index in [9.17, 15) is 9.59 Å². The molecule has 0 aliphatic heterocycles. The number of amides is 2. The van der Waals surface area contributed by atoms with E-state index < -0.39 is 11.4 Å². The average molecular weight is 289 g/mol. The van der Waals surface area contributed by atoms with Crippen LogP contribution in [0.2, 0.25) is 0 Å². The number of aliphatic carboxylic acids is 1. The van der Waals surface area contributed by atoms with Crippen molar-refractivity contribution in [2.24, 2.45) is 5.41 Å². The van der Waals surface area contributed by atoms with Crippen molar-refractivity contribution in [1.82, 2.24) is 15.5 Å². The minimum Gasteiger partial charge on any atom is -0.481 e. The van der Waals surface area contributed by atoms with Gasteiger partial charge in [0.2, 0.25) is 0 Å². The van der Waals surface area contributed by atoms with E-state index in [1.807, 2.05) is 11.9 Å². The molecule has 7 heteroatoms. The molecule has 0 aromatic heterocycles. The Hall–Kier alpha value is -1.34. The average Bonchev–Trinajstić information content (AvgIpc) is 2.42. The second-order valence-corrected chi connectivity index (χ2v) is 5.12. The van der Waals surface area contributed by atoms with Crippen molar-refractivity contribution in [3.63, 3.8) is 0 Å². The minimum absolute atomic E-state index is 0.115. The van der Waals surface area contributed by atoms with Crippen LogP contribution >= 0.6 is 0 Å². The number of rotatable bonds is 10. The molecule has 0 fully saturated rings. The fourth-order valence-electron chi connectivity index (χ4n) is 1.41. The number of ether oxygens (including phenoxy) is 1. The van der Waals surface area contributed by atoms with Gasteiger partial charge in [-0.15, -0.1) is 0 Å². The number of hydrogen-bond donors (Lipinski definition) is 3. The second-order valence-electron chi connectivity index (χ2n) is 5.12. The molecule has 0 aromatic rings. The molecule has 0 saturated carbocycles. The second kappa shape index (κ2) is 9.55. The first-order valence-electron chi connectivity index (χ1n) is 6.78. The third-order valence-corrected chi connectivity index (χ3v) is 3.39. The number of nitrogens with zero attached hydrogens (tertiary/aromatic N) is 1. The van der Waals surface area contributed by atoms with Crippen LogP contribution in [0.1, 0.15) is 20.3 Å². The van der Waals surface area contributed by atoms with Crippen LogP contribution < -0.4 is 10.6 Å². The van der Waals surface area contributed by atoms with Crippen LogP contribution in [0.15, 0.2) is 0 Å². The van der Waals surface area contributed by atoms with Crippen molar-refractivity contribution in [2.45, 2.75) is 20.3 Å². The highest BCUT2D eigenvalue weighted by atomic mass is 16.5. The fraction of sp³-hybridized carbons (Fsp3) is 0.846. The number of methoxy groups -OCH3 is 1. The number of nitrogens with one attached hydrogen (secondary N) is 2. The molecule has 7 nitrogen and oxygen atoms in total. The van der Waals surface area contributed by atoms with Gasteiger partial charge in [0.15, 0.2) is 0 Å². The maximum Gasteiger partial charge on any atom is 0.314 e. The first kappa shape index (κ1) is 18.7. The van der Waals surface area contributed by atoms with E-state index in [1.165, 1.54) is 0 Å². The van der Waals surface area contributed by atoms with Gasteiger partial charge in [0.05, 0.1) is 12.0 Å². The van der Waals surface area contributed by atoms with Gasteiger partial charge in [-0.1, -0.05) is 6.92 Å². The molecule has 3 N–H and O–H groups in total. The van der Waals surface area contributed by atoms with Crippen LogP contribution in [0.5, 0.6) is 0 Å². The van der Waals surface area contributed by atoms with Gasteiger partial charge >= 0.3 is 12.0 Å². The van der Waals surface area contributed by atoms with E-state index in [4.69, 9.17) is 9.84 Å². The van der Waals surface area contributed by atoms with Crippen molar-refractivity contribution in [2.75, 3.05) is 46.9 Å². The Morgan fingerprint density at radius 2 is 1.95 bits per heavy atom. The SMILES string of the molecule is CCC(C)(CNC(=O)NCCN(C)CCOC)C(=O)O. The Morgan fingerprint density at radius 1 is 1.30 bits per heavy atom. The van der Waals surface area contributed by atoms with Gasteiger partial charge in [0.1, 0.15) is 0 Å². The number of urea groups is 1. The molecule has 20 heavy (non-hydrogen) atoms. The van der Waals surface area contributed by atoms with Crippen LogP contribution in [0, 0.1) is 5.41 Å². The summed E-state index contributed by atoms with van der Waals surface area (Å²) in [4.78, 5) is 24.7. The van der Waals surface area contributed by atoms with Gasteiger partial charge in [0.25, 0.3) is 0 Å². The summed E-state index contributed by atoms with van der Waals surface area (Å²) in [5.41, 5.74) is -0.924. The summed E-state index contributed by atoms with van der Waals surface area (Å²) in [7, 11) is 3.59. The lowest BCUT2D eigenvalue weighted by atomic mass is 9.88. The zero-order valence-corrected chi connectivity index (χ0v) is 12.9. The quantitative estimate of drug-likeness (QED) is 0.540. The first-order valence-corrected chi connectivity index (χ1v) is 6.78. The highest BCUT2D eigenvalue weighted by molar-refractivity contribution is 5.77. The monoisotopic (exact) mass is 289 g/mol. The van der Waals surface area contributed by atoms with Crippen LogP contribution in [0.3, 0.4) is 0 Å². The standard InChI is InChI=1S/C13H27N3O4/c1-5-13(2,11(17)18)10-15-12(19)14-6-7-16(3)8-9-20-4/h5-10H2,1-4H3,(H,17,18)(H2,14,15,19). The molecular weight excluding hydrogens is 262 g/mol. The van der Waals surface area contributed by atoms with E-state index in [-0.39, 0.29) is 12.6 Å². The summed E-state index contributed by atoms with van der Waals surface area (Å²) in [6.07, 6.45) is 0.461. The van der Waals surface area contributed by atoms with Crippen molar-refractivity contribution in [1.29, 1.82) is 0 Å². The molecule has 0 aliphatic rings. The van der Waals surface area contributed by atoms with Crippen molar-refractivity contribution in [3.05, 3.63) is 0 Å². The Kier molecular flexibility index (Phi) is 8.91. The molecule has 0 aromatic carbocycles. The van der Waals surface area contributed by atoms with E-state index in [1.54, 1.807) is 21.0 Å². The summed E-state index contributed by atoms with van der Waals surface area (Å²) in [5, 5.41) is 14.4. The van der Waals surface area contributed by atoms with E-state index in [2.05, 4.69) is 10.6 Å². The zero-order chi connectivity index (χ0) is 15.6. The van der Waals surface area contributed by atoms with E-state index in [0.29, 0.717) is 26.1 Å². The molecule has 0 rings (SSSR count). The molecule has 0 radical (unpaired) electrons. The van der Waals surface area contributed by atoms with E-state index >= 15 is 0 Å². The molecule has 118 valence electrons. The highest BCUT2D eigenvalue weighted by Gasteiger charge is 2.31. The van der Waals surface area contributed by atoms with Gasteiger partial charge < -0.3 is 25.4 Å². The number of carbonyl (C=O) groups is 2. The summed E-state index contributed by atoms with van der Waals surface area (Å²) < 4.78 is 4.95. The predicted octanol–water partition coefficient (Wildman–Crippen LogP) is 0.365. The molecule has 0 heterocycles. The maximum atomic E-state index is 11.6. The zero-order valence-electron chi connectivity index (χ0n) is 12.9. The minimum atomic E-state index is -0.924. The third-order valence-electron chi connectivity index (χ3n) is 3.39. The number of hydrogen-bond acceptors (Lipinski definition) is 4. The molecule has 1 unspecified atom stereocenters. The Balaban J connectivity index is 3.87. The lowest BCUT2D eigenvalue weighted by molar-refractivity contribution is -0.147. The maximum absolute atomic E-state index is 11.6. The normalized spacial score (nSPS) is 13.8. The van der Waals surface area contributed by atoms with Crippen LogP contribution in [0.4, 0.5) is 4.79 Å². The number of carboxylic acids is 1. The number of likely N-dealkylation sites (N-methyl/N-ethyl adjacent to an activating group) is 1. The highest BCUT2D eigenvalue weighted by Crippen LogP contribution is 2.19. The lowest BCUT2D eigenvalue weighted by Gasteiger charge is -2.23. The molecule has 0 bridgehead atoms. The topological polar surface area (TPSA) is 90.9 Å². The van der Waals surface area contributed by atoms with Gasteiger partial charge in [-0.05, 0) is 20.4 Å². The van der Waals surface area contributed by atoms with Gasteiger partial charge in [-0.3, -0.25) is 4.79 Å². The number of carbonyl (C=O) groups excluding carboxylic acids is 1. The Bertz CT molecular complexity index is 312. The van der Waals surface area contributed by atoms with Crippen LogP contribution in [0.25, 0.3) is 0 Å². The fourth-order valence-corrected chi connectivity index (χ4v) is 1.41. The molecule has 0 saturated heterocycles. The van der Waals surface area contributed by atoms with Crippen LogP contribution in [-0.4, -0.2) is 69.0 Å². The van der Waals surface area contributed by atoms with Crippen LogP contribution in [-0.2, 0) is 9.53 Å². The van der Waals surface area contributed by atoms with Gasteiger partial charge in [0, 0.05) is 33.3 Å². The molecule has 0 aliphatic carbocycles. The summed E-state index contributed by atoms with van der Waals surface area (Å²) in [6.45, 7) is 6.18. The summed E-state index contributed by atoms with van der Waals surface area (Å²) >= 11 is 0. The van der Waals surface area contributed by atoms with E-state index in [0.717, 1.165) is 6.54 Å². The summed E-state index contributed by atoms with van der Waals surface area (Å²) in [5.74, 6) is -0.903. The summed E-state index contributed by atoms with van der Waals surface area (Å²) in [6, 6.07) is -0.342. The van der Waals surface area contributed by atoms with Gasteiger partial charge in [-0.2, -0.15) is 0 Å². The molecular formula is C13H27N3O4.